The van der Waals surface area contributed by atoms with Crippen LogP contribution in [0.25, 0.3) is 6.08 Å². The van der Waals surface area contributed by atoms with Crippen LogP contribution in [0.3, 0.4) is 0 Å². The number of allylic oxidation sites excluding steroid dienone is 1. The Morgan fingerprint density at radius 1 is 1.31 bits per heavy atom. The second-order valence-corrected chi connectivity index (χ2v) is 8.48. The monoisotopic (exact) mass is 389 g/mol. The van der Waals surface area contributed by atoms with Crippen molar-refractivity contribution in [2.45, 2.75) is 37.9 Å². The molecule has 7 heteroatoms. The van der Waals surface area contributed by atoms with Gasteiger partial charge in [0.25, 0.3) is 5.91 Å². The molecule has 0 radical (unpaired) electrons. The van der Waals surface area contributed by atoms with Crippen molar-refractivity contribution in [2.75, 3.05) is 5.32 Å². The van der Waals surface area contributed by atoms with Gasteiger partial charge in [0, 0.05) is 11.1 Å². The van der Waals surface area contributed by atoms with Crippen molar-refractivity contribution in [3.63, 3.8) is 0 Å². The standard InChI is InChI=1S/C22H23N5O2/c1-4-21(2,3)22-10-17-18(28)25-16(9-13-11-23-12-24-13)19(29)27(17)20(22)26-15-8-6-5-7-14(15)22/h4-9,11-12,17,20,26H,1,10H2,2-3H3,(H,23,24)(H,25,28)/b16-9+/t17-,20+,22-/m1/s1. The third-order valence-corrected chi connectivity index (χ3v) is 6.80. The molecule has 3 aliphatic heterocycles. The van der Waals surface area contributed by atoms with E-state index in [-0.39, 0.29) is 29.1 Å². The molecule has 1 aromatic carbocycles. The first-order valence-electron chi connectivity index (χ1n) is 9.72. The number of H-pyrrole nitrogens is 1. The van der Waals surface area contributed by atoms with Gasteiger partial charge in [0.15, 0.2) is 0 Å². The molecule has 0 aliphatic carbocycles. The van der Waals surface area contributed by atoms with E-state index < -0.39 is 11.5 Å². The zero-order valence-corrected chi connectivity index (χ0v) is 16.4. The first-order chi connectivity index (χ1) is 13.9. The molecule has 5 rings (SSSR count). The van der Waals surface area contributed by atoms with Gasteiger partial charge in [0.05, 0.1) is 18.2 Å². The number of nitrogens with zero attached hydrogens (tertiary/aromatic N) is 2. The fraction of sp³-hybridized carbons (Fsp3) is 0.318. The van der Waals surface area contributed by atoms with Crippen molar-refractivity contribution in [3.8, 4) is 0 Å². The number of hydrogen-bond acceptors (Lipinski definition) is 4. The summed E-state index contributed by atoms with van der Waals surface area (Å²) in [6.45, 7) is 8.32. The van der Waals surface area contributed by atoms with Crippen LogP contribution in [0.15, 0.2) is 55.1 Å². The van der Waals surface area contributed by atoms with Gasteiger partial charge in [-0.25, -0.2) is 4.98 Å². The number of imidazole rings is 1. The molecule has 148 valence electrons. The lowest BCUT2D eigenvalue weighted by molar-refractivity contribution is -0.141. The molecular formula is C22H23N5O2. The molecule has 0 bridgehead atoms. The van der Waals surface area contributed by atoms with Crippen molar-refractivity contribution in [1.82, 2.24) is 20.2 Å². The van der Waals surface area contributed by atoms with E-state index in [0.29, 0.717) is 12.1 Å². The molecule has 4 heterocycles. The Kier molecular flexibility index (Phi) is 3.56. The molecule has 2 saturated heterocycles. The van der Waals surface area contributed by atoms with Gasteiger partial charge in [0.1, 0.15) is 17.9 Å². The molecule has 0 unspecified atom stereocenters. The summed E-state index contributed by atoms with van der Waals surface area (Å²) in [5.41, 5.74) is 2.24. The Bertz CT molecular complexity index is 1050. The van der Waals surface area contributed by atoms with E-state index in [2.05, 4.69) is 47.1 Å². The van der Waals surface area contributed by atoms with Crippen LogP contribution in [0.1, 0.15) is 31.5 Å². The summed E-state index contributed by atoms with van der Waals surface area (Å²) in [7, 11) is 0. The van der Waals surface area contributed by atoms with Gasteiger partial charge in [-0.1, -0.05) is 38.1 Å². The van der Waals surface area contributed by atoms with Crippen molar-refractivity contribution >= 4 is 23.6 Å². The average molecular weight is 389 g/mol. The lowest BCUT2D eigenvalue weighted by Crippen LogP contribution is -2.59. The molecule has 2 aromatic rings. The van der Waals surface area contributed by atoms with E-state index in [1.807, 2.05) is 24.3 Å². The lowest BCUT2D eigenvalue weighted by atomic mass is 9.60. The number of hydrogen-bond donors (Lipinski definition) is 3. The maximum Gasteiger partial charge on any atom is 0.272 e. The third-order valence-electron chi connectivity index (χ3n) is 6.80. The van der Waals surface area contributed by atoms with Crippen LogP contribution in [0.2, 0.25) is 0 Å². The number of carbonyl (C=O) groups excluding carboxylic acids is 2. The molecule has 3 atom stereocenters. The summed E-state index contributed by atoms with van der Waals surface area (Å²) in [5.74, 6) is -0.362. The predicted octanol–water partition coefficient (Wildman–Crippen LogP) is 2.38. The third kappa shape index (κ3) is 2.21. The Morgan fingerprint density at radius 2 is 2.10 bits per heavy atom. The highest BCUT2D eigenvalue weighted by molar-refractivity contribution is 6.08. The van der Waals surface area contributed by atoms with Crippen LogP contribution in [0, 0.1) is 5.41 Å². The Balaban J connectivity index is 1.65. The van der Waals surface area contributed by atoms with Crippen molar-refractivity contribution in [3.05, 3.63) is 66.4 Å². The van der Waals surface area contributed by atoms with Gasteiger partial charge >= 0.3 is 0 Å². The van der Waals surface area contributed by atoms with Gasteiger partial charge in [-0.3, -0.25) is 9.59 Å². The quantitative estimate of drug-likeness (QED) is 0.555. The van der Waals surface area contributed by atoms with E-state index in [4.69, 9.17) is 0 Å². The Labute approximate surface area is 168 Å². The molecule has 7 nitrogen and oxygen atoms in total. The number of aromatic amines is 1. The van der Waals surface area contributed by atoms with Crippen LogP contribution >= 0.6 is 0 Å². The Hall–Kier alpha value is -3.35. The average Bonchev–Trinajstić information content (AvgIpc) is 3.40. The smallest absolute Gasteiger partial charge is 0.272 e. The van der Waals surface area contributed by atoms with Crippen LogP contribution in [-0.2, 0) is 15.0 Å². The molecule has 0 spiro atoms. The minimum atomic E-state index is -0.536. The highest BCUT2D eigenvalue weighted by Crippen LogP contribution is 2.60. The highest BCUT2D eigenvalue weighted by Gasteiger charge is 2.66. The summed E-state index contributed by atoms with van der Waals surface area (Å²) >= 11 is 0. The molecule has 29 heavy (non-hydrogen) atoms. The maximum absolute atomic E-state index is 13.5. The van der Waals surface area contributed by atoms with Crippen molar-refractivity contribution in [1.29, 1.82) is 0 Å². The number of benzene rings is 1. The fourth-order valence-electron chi connectivity index (χ4n) is 5.16. The summed E-state index contributed by atoms with van der Waals surface area (Å²) in [5, 5.41) is 6.34. The molecule has 3 aliphatic rings. The normalized spacial score (nSPS) is 29.2. The molecule has 0 saturated carbocycles. The van der Waals surface area contributed by atoms with Crippen LogP contribution in [0.5, 0.6) is 0 Å². The number of nitrogens with one attached hydrogen (secondary N) is 3. The minimum absolute atomic E-state index is 0.164. The second kappa shape index (κ2) is 5.83. The van der Waals surface area contributed by atoms with Crippen LogP contribution in [0.4, 0.5) is 5.69 Å². The zero-order chi connectivity index (χ0) is 20.4. The number of carbonyl (C=O) groups is 2. The van der Waals surface area contributed by atoms with Gasteiger partial charge in [-0.2, -0.15) is 0 Å². The SMILES string of the molecule is C=CC(C)(C)[C@@]12C[C@@H]3C(=O)N/C(=C/c4cnc[nH]4)C(=O)N3[C@@H]1Nc1ccccc12. The molecule has 2 amide bonds. The largest absolute Gasteiger partial charge is 0.364 e. The van der Waals surface area contributed by atoms with Gasteiger partial charge in [-0.05, 0) is 29.5 Å². The molecule has 2 fully saturated rings. The molecular weight excluding hydrogens is 366 g/mol. The van der Waals surface area contributed by atoms with Gasteiger partial charge < -0.3 is 20.5 Å². The highest BCUT2D eigenvalue weighted by atomic mass is 16.2. The minimum Gasteiger partial charge on any atom is -0.364 e. The van der Waals surface area contributed by atoms with Gasteiger partial charge in [-0.15, -0.1) is 6.58 Å². The first-order valence-corrected chi connectivity index (χ1v) is 9.72. The Morgan fingerprint density at radius 3 is 2.83 bits per heavy atom. The van der Waals surface area contributed by atoms with Crippen molar-refractivity contribution < 1.29 is 9.59 Å². The van der Waals surface area contributed by atoms with Crippen molar-refractivity contribution in [2.24, 2.45) is 5.41 Å². The van der Waals surface area contributed by atoms with E-state index in [9.17, 15) is 9.59 Å². The number of amides is 2. The number of para-hydroxylation sites is 1. The van der Waals surface area contributed by atoms with E-state index in [0.717, 1.165) is 11.3 Å². The molecule has 3 N–H and O–H groups in total. The number of piperazine rings is 1. The topological polar surface area (TPSA) is 90.1 Å². The van der Waals surface area contributed by atoms with Crippen LogP contribution < -0.4 is 10.6 Å². The van der Waals surface area contributed by atoms with E-state index in [1.54, 1.807) is 17.2 Å². The fourth-order valence-corrected chi connectivity index (χ4v) is 5.16. The van der Waals surface area contributed by atoms with E-state index in [1.165, 1.54) is 6.33 Å². The van der Waals surface area contributed by atoms with Gasteiger partial charge in [0.2, 0.25) is 5.91 Å². The lowest BCUT2D eigenvalue weighted by Gasteiger charge is -2.43. The summed E-state index contributed by atoms with van der Waals surface area (Å²) in [6.07, 6.45) is 6.91. The predicted molar refractivity (Wildman–Crippen MR) is 109 cm³/mol. The summed E-state index contributed by atoms with van der Waals surface area (Å²) in [6, 6.07) is 7.57. The number of anilines is 1. The first kappa shape index (κ1) is 17.7. The molecule has 1 aromatic heterocycles. The number of fused-ring (bicyclic) bond motifs is 5. The maximum atomic E-state index is 13.5. The number of aromatic nitrogens is 2. The summed E-state index contributed by atoms with van der Waals surface area (Å²) in [4.78, 5) is 35.1. The van der Waals surface area contributed by atoms with E-state index >= 15 is 0 Å². The van der Waals surface area contributed by atoms with Crippen LogP contribution in [-0.4, -0.2) is 38.9 Å². The number of rotatable bonds is 3. The second-order valence-electron chi connectivity index (χ2n) is 8.48. The zero-order valence-electron chi connectivity index (χ0n) is 16.4. The summed E-state index contributed by atoms with van der Waals surface area (Å²) < 4.78 is 0.